The third-order valence-corrected chi connectivity index (χ3v) is 3.63. The van der Waals surface area contributed by atoms with Gasteiger partial charge in [-0.1, -0.05) is 26.0 Å². The monoisotopic (exact) mass is 321 g/mol. The second-order valence-electron chi connectivity index (χ2n) is 6.41. The van der Waals surface area contributed by atoms with E-state index >= 15 is 0 Å². The first kappa shape index (κ1) is 17.4. The van der Waals surface area contributed by atoms with E-state index in [-0.39, 0.29) is 18.3 Å². The van der Waals surface area contributed by atoms with E-state index in [0.717, 1.165) is 18.4 Å². The summed E-state index contributed by atoms with van der Waals surface area (Å²) in [5, 5.41) is 5.01. The van der Waals surface area contributed by atoms with Crippen LogP contribution in [0.15, 0.2) is 24.3 Å². The summed E-state index contributed by atoms with van der Waals surface area (Å²) < 4.78 is 13.0. The van der Waals surface area contributed by atoms with Crippen molar-refractivity contribution in [2.75, 3.05) is 13.1 Å². The summed E-state index contributed by atoms with van der Waals surface area (Å²) >= 11 is 0. The van der Waals surface area contributed by atoms with Gasteiger partial charge < -0.3 is 5.32 Å². The minimum atomic E-state index is -0.457. The van der Waals surface area contributed by atoms with Crippen molar-refractivity contribution in [2.24, 2.45) is 5.92 Å². The number of carbonyl (C=O) groups excluding carboxylic acids is 2. The molecule has 0 aromatic heterocycles. The fourth-order valence-corrected chi connectivity index (χ4v) is 2.27. The van der Waals surface area contributed by atoms with Gasteiger partial charge in [-0.05, 0) is 36.5 Å². The molecule has 1 fully saturated rings. The van der Waals surface area contributed by atoms with Gasteiger partial charge in [-0.25, -0.2) is 9.18 Å². The Kier molecular flexibility index (Phi) is 6.10. The van der Waals surface area contributed by atoms with E-state index in [1.54, 1.807) is 12.1 Å². The van der Waals surface area contributed by atoms with E-state index in [2.05, 4.69) is 10.6 Å². The molecule has 0 bridgehead atoms. The maximum Gasteiger partial charge on any atom is 0.321 e. The van der Waals surface area contributed by atoms with Gasteiger partial charge in [0.1, 0.15) is 5.82 Å². The van der Waals surface area contributed by atoms with Crippen LogP contribution in [0.2, 0.25) is 0 Å². The highest BCUT2D eigenvalue weighted by Crippen LogP contribution is 2.28. The molecule has 0 heterocycles. The van der Waals surface area contributed by atoms with Crippen LogP contribution in [-0.2, 0) is 11.3 Å². The van der Waals surface area contributed by atoms with E-state index in [0.29, 0.717) is 25.0 Å². The van der Waals surface area contributed by atoms with Gasteiger partial charge >= 0.3 is 6.03 Å². The predicted octanol–water partition coefficient (Wildman–Crippen LogP) is 2.27. The number of imide groups is 1. The SMILES string of the molecule is CC(C)CNC(=O)NC(=O)CN(Cc1ccc(F)cc1)C1CC1. The highest BCUT2D eigenvalue weighted by Gasteiger charge is 2.30. The van der Waals surface area contributed by atoms with E-state index < -0.39 is 6.03 Å². The number of benzene rings is 1. The molecule has 1 saturated carbocycles. The van der Waals surface area contributed by atoms with Crippen LogP contribution >= 0.6 is 0 Å². The van der Waals surface area contributed by atoms with Gasteiger partial charge in [-0.15, -0.1) is 0 Å². The van der Waals surface area contributed by atoms with Crippen molar-refractivity contribution in [3.63, 3.8) is 0 Å². The number of carbonyl (C=O) groups is 2. The predicted molar refractivity (Wildman–Crippen MR) is 86.2 cm³/mol. The molecule has 1 aliphatic carbocycles. The molecular weight excluding hydrogens is 297 g/mol. The number of nitrogens with zero attached hydrogens (tertiary/aromatic N) is 1. The van der Waals surface area contributed by atoms with Gasteiger partial charge in [0.25, 0.3) is 0 Å². The minimum absolute atomic E-state index is 0.164. The van der Waals surface area contributed by atoms with Crippen LogP contribution in [-0.4, -0.2) is 36.0 Å². The number of halogens is 1. The lowest BCUT2D eigenvalue weighted by atomic mass is 10.2. The molecule has 126 valence electrons. The third-order valence-electron chi connectivity index (χ3n) is 3.63. The molecule has 3 amide bonds. The molecule has 2 rings (SSSR count). The fraction of sp³-hybridized carbons (Fsp3) is 0.529. The molecule has 0 unspecified atom stereocenters. The Morgan fingerprint density at radius 1 is 1.26 bits per heavy atom. The third kappa shape index (κ3) is 6.36. The molecule has 2 N–H and O–H groups in total. The first-order valence-corrected chi connectivity index (χ1v) is 8.00. The average molecular weight is 321 g/mol. The van der Waals surface area contributed by atoms with Crippen molar-refractivity contribution in [2.45, 2.75) is 39.3 Å². The summed E-state index contributed by atoms with van der Waals surface area (Å²) in [6.45, 7) is 5.24. The zero-order valence-corrected chi connectivity index (χ0v) is 13.6. The molecule has 1 aromatic carbocycles. The Bertz CT molecular complexity index is 541. The van der Waals surface area contributed by atoms with Crippen LogP contribution in [0, 0.1) is 11.7 Å². The molecule has 0 radical (unpaired) electrons. The number of hydrogen-bond acceptors (Lipinski definition) is 3. The maximum atomic E-state index is 13.0. The quantitative estimate of drug-likeness (QED) is 0.810. The number of hydrogen-bond donors (Lipinski definition) is 2. The van der Waals surface area contributed by atoms with Crippen molar-refractivity contribution in [1.82, 2.24) is 15.5 Å². The van der Waals surface area contributed by atoms with Crippen LogP contribution in [0.4, 0.5) is 9.18 Å². The van der Waals surface area contributed by atoms with Gasteiger partial charge in [0.15, 0.2) is 0 Å². The largest absolute Gasteiger partial charge is 0.338 e. The fourth-order valence-electron chi connectivity index (χ4n) is 2.27. The van der Waals surface area contributed by atoms with Crippen molar-refractivity contribution in [3.8, 4) is 0 Å². The van der Waals surface area contributed by atoms with Gasteiger partial charge in [-0.3, -0.25) is 15.0 Å². The van der Waals surface area contributed by atoms with Crippen molar-refractivity contribution in [3.05, 3.63) is 35.6 Å². The van der Waals surface area contributed by atoms with Crippen LogP contribution in [0.25, 0.3) is 0 Å². The Balaban J connectivity index is 1.83. The lowest BCUT2D eigenvalue weighted by Crippen LogP contribution is -2.45. The van der Waals surface area contributed by atoms with Crippen LogP contribution in [0.5, 0.6) is 0 Å². The van der Waals surface area contributed by atoms with Crippen molar-refractivity contribution in [1.29, 1.82) is 0 Å². The lowest BCUT2D eigenvalue weighted by molar-refractivity contribution is -0.121. The Morgan fingerprint density at radius 3 is 2.48 bits per heavy atom. The summed E-state index contributed by atoms with van der Waals surface area (Å²) in [6, 6.07) is 6.18. The second kappa shape index (κ2) is 8.06. The topological polar surface area (TPSA) is 61.4 Å². The Labute approximate surface area is 136 Å². The van der Waals surface area contributed by atoms with Gasteiger partial charge in [0.05, 0.1) is 6.54 Å². The van der Waals surface area contributed by atoms with E-state index in [4.69, 9.17) is 0 Å². The second-order valence-corrected chi connectivity index (χ2v) is 6.41. The van der Waals surface area contributed by atoms with E-state index in [1.165, 1.54) is 12.1 Å². The number of amides is 3. The summed E-state index contributed by atoms with van der Waals surface area (Å²) in [5.41, 5.74) is 0.954. The lowest BCUT2D eigenvalue weighted by Gasteiger charge is -2.21. The standard InChI is InChI=1S/C17H24FN3O2/c1-12(2)9-19-17(23)20-16(22)11-21(15-7-8-15)10-13-3-5-14(18)6-4-13/h3-6,12,15H,7-11H2,1-2H3,(H2,19,20,22,23). The molecule has 23 heavy (non-hydrogen) atoms. The average Bonchev–Trinajstić information content (AvgIpc) is 3.31. The zero-order valence-electron chi connectivity index (χ0n) is 13.6. The van der Waals surface area contributed by atoms with E-state index in [1.807, 2.05) is 18.7 Å². The number of rotatable bonds is 7. The van der Waals surface area contributed by atoms with Gasteiger partial charge in [0.2, 0.25) is 5.91 Å². The molecule has 1 aromatic rings. The molecule has 0 saturated heterocycles. The van der Waals surface area contributed by atoms with Crippen LogP contribution in [0.3, 0.4) is 0 Å². The summed E-state index contributed by atoms with van der Waals surface area (Å²) in [4.78, 5) is 25.7. The number of nitrogens with one attached hydrogen (secondary N) is 2. The molecule has 0 atom stereocenters. The molecule has 6 heteroatoms. The first-order valence-electron chi connectivity index (χ1n) is 8.00. The van der Waals surface area contributed by atoms with Gasteiger partial charge in [-0.2, -0.15) is 0 Å². The van der Waals surface area contributed by atoms with Crippen LogP contribution in [0.1, 0.15) is 32.3 Å². The van der Waals surface area contributed by atoms with Crippen molar-refractivity contribution < 1.29 is 14.0 Å². The highest BCUT2D eigenvalue weighted by atomic mass is 19.1. The first-order chi connectivity index (χ1) is 10.9. The highest BCUT2D eigenvalue weighted by molar-refractivity contribution is 5.95. The van der Waals surface area contributed by atoms with E-state index in [9.17, 15) is 14.0 Å². The molecular formula is C17H24FN3O2. The maximum absolute atomic E-state index is 13.0. The normalized spacial score (nSPS) is 14.1. The van der Waals surface area contributed by atoms with Crippen LogP contribution < -0.4 is 10.6 Å². The summed E-state index contributed by atoms with van der Waals surface area (Å²) in [7, 11) is 0. The Hall–Kier alpha value is -1.95. The Morgan fingerprint density at radius 2 is 1.91 bits per heavy atom. The van der Waals surface area contributed by atoms with Gasteiger partial charge in [0, 0.05) is 19.1 Å². The molecule has 1 aliphatic rings. The molecule has 0 spiro atoms. The number of urea groups is 1. The van der Waals surface area contributed by atoms with Crippen molar-refractivity contribution >= 4 is 11.9 Å². The summed E-state index contributed by atoms with van der Waals surface area (Å²) in [5.74, 6) is -0.260. The smallest absolute Gasteiger partial charge is 0.321 e. The zero-order chi connectivity index (χ0) is 16.8. The minimum Gasteiger partial charge on any atom is -0.338 e. The molecule has 0 aliphatic heterocycles. The molecule has 5 nitrogen and oxygen atoms in total. The summed E-state index contributed by atoms with van der Waals surface area (Å²) in [6.07, 6.45) is 2.10.